The molecule has 0 fully saturated rings. The molecule has 19 heavy (non-hydrogen) atoms. The molecule has 100 valence electrons. The van der Waals surface area contributed by atoms with E-state index in [4.69, 9.17) is 15.4 Å². The number of hydrogen-bond donors (Lipinski definition) is 3. The average Bonchev–Trinajstić information content (AvgIpc) is 2.66. The number of nitrogens with two attached hydrogens (primary N) is 1. The van der Waals surface area contributed by atoms with Crippen LogP contribution in [-0.2, 0) is 6.54 Å². The largest absolute Gasteiger partial charge is 0.478 e. The van der Waals surface area contributed by atoms with E-state index in [1.807, 2.05) is 13.8 Å². The number of rotatable bonds is 4. The van der Waals surface area contributed by atoms with Gasteiger partial charge in [-0.2, -0.15) is 0 Å². The van der Waals surface area contributed by atoms with Gasteiger partial charge in [0.05, 0.1) is 11.3 Å². The van der Waals surface area contributed by atoms with Crippen LogP contribution in [0.3, 0.4) is 0 Å². The highest BCUT2D eigenvalue weighted by Gasteiger charge is 2.10. The average molecular weight is 261 g/mol. The molecule has 0 bridgehead atoms. The molecular weight excluding hydrogens is 246 g/mol. The SMILES string of the molecule is Cc1noc(C)c1CNc1ccc(C(=O)O)c(N)c1. The van der Waals surface area contributed by atoms with E-state index in [-0.39, 0.29) is 11.3 Å². The fourth-order valence-electron chi connectivity index (χ4n) is 1.81. The second-order valence-electron chi connectivity index (χ2n) is 4.26. The second-order valence-corrected chi connectivity index (χ2v) is 4.26. The second kappa shape index (κ2) is 5.01. The van der Waals surface area contributed by atoms with Crippen molar-refractivity contribution in [1.29, 1.82) is 0 Å². The van der Waals surface area contributed by atoms with Gasteiger partial charge in [0.15, 0.2) is 0 Å². The summed E-state index contributed by atoms with van der Waals surface area (Å²) in [5.74, 6) is -0.269. The van der Waals surface area contributed by atoms with Crippen LogP contribution in [0.2, 0.25) is 0 Å². The maximum atomic E-state index is 10.8. The Bertz CT molecular complexity index is 600. The summed E-state index contributed by atoms with van der Waals surface area (Å²) >= 11 is 0. The third-order valence-corrected chi connectivity index (χ3v) is 2.93. The standard InChI is InChI=1S/C13H15N3O3/c1-7-11(8(2)19-16-7)6-15-9-3-4-10(13(17)18)12(14)5-9/h3-5,15H,6,14H2,1-2H3,(H,17,18). The van der Waals surface area contributed by atoms with Gasteiger partial charge in [-0.3, -0.25) is 0 Å². The number of aromatic nitrogens is 1. The van der Waals surface area contributed by atoms with Gasteiger partial charge in [-0.25, -0.2) is 4.79 Å². The van der Waals surface area contributed by atoms with E-state index in [2.05, 4.69) is 10.5 Å². The highest BCUT2D eigenvalue weighted by Crippen LogP contribution is 2.20. The normalized spacial score (nSPS) is 10.4. The van der Waals surface area contributed by atoms with Crippen molar-refractivity contribution in [3.63, 3.8) is 0 Å². The molecule has 1 heterocycles. The van der Waals surface area contributed by atoms with Crippen molar-refractivity contribution >= 4 is 17.3 Å². The minimum Gasteiger partial charge on any atom is -0.478 e. The zero-order chi connectivity index (χ0) is 14.0. The van der Waals surface area contributed by atoms with Gasteiger partial charge in [0, 0.05) is 23.5 Å². The monoisotopic (exact) mass is 261 g/mol. The number of aromatic carboxylic acids is 1. The molecular formula is C13H15N3O3. The van der Waals surface area contributed by atoms with Gasteiger partial charge in [-0.05, 0) is 32.0 Å². The number of carboxylic acid groups (broad SMARTS) is 1. The van der Waals surface area contributed by atoms with Crippen molar-refractivity contribution in [1.82, 2.24) is 5.16 Å². The van der Waals surface area contributed by atoms with Gasteiger partial charge in [-0.15, -0.1) is 0 Å². The third-order valence-electron chi connectivity index (χ3n) is 2.93. The highest BCUT2D eigenvalue weighted by molar-refractivity contribution is 5.94. The van der Waals surface area contributed by atoms with Crippen molar-refractivity contribution in [3.8, 4) is 0 Å². The molecule has 6 heteroatoms. The number of nitrogens with one attached hydrogen (secondary N) is 1. The molecule has 0 saturated carbocycles. The predicted molar refractivity (Wildman–Crippen MR) is 71.1 cm³/mol. The van der Waals surface area contributed by atoms with Gasteiger partial charge in [0.25, 0.3) is 0 Å². The van der Waals surface area contributed by atoms with Crippen LogP contribution in [0.25, 0.3) is 0 Å². The molecule has 1 aromatic heterocycles. The Labute approximate surface area is 110 Å². The number of carboxylic acids is 1. The third kappa shape index (κ3) is 2.67. The minimum absolute atomic E-state index is 0.0999. The van der Waals surface area contributed by atoms with Gasteiger partial charge >= 0.3 is 5.97 Å². The predicted octanol–water partition coefficient (Wildman–Crippen LogP) is 2.18. The Morgan fingerprint density at radius 2 is 2.21 bits per heavy atom. The Morgan fingerprint density at radius 3 is 2.74 bits per heavy atom. The van der Waals surface area contributed by atoms with E-state index in [0.29, 0.717) is 6.54 Å². The van der Waals surface area contributed by atoms with Crippen LogP contribution in [-0.4, -0.2) is 16.2 Å². The first-order chi connectivity index (χ1) is 8.99. The maximum absolute atomic E-state index is 10.8. The number of anilines is 2. The molecule has 0 aliphatic carbocycles. The lowest BCUT2D eigenvalue weighted by molar-refractivity contribution is 0.0698. The molecule has 4 N–H and O–H groups in total. The summed E-state index contributed by atoms with van der Waals surface area (Å²) in [6.07, 6.45) is 0. The fourth-order valence-corrected chi connectivity index (χ4v) is 1.81. The Hall–Kier alpha value is -2.50. The molecule has 0 atom stereocenters. The van der Waals surface area contributed by atoms with E-state index in [1.165, 1.54) is 6.07 Å². The molecule has 6 nitrogen and oxygen atoms in total. The van der Waals surface area contributed by atoms with Crippen LogP contribution < -0.4 is 11.1 Å². The lowest BCUT2D eigenvalue weighted by Crippen LogP contribution is -2.05. The number of carbonyl (C=O) groups is 1. The molecule has 0 aliphatic heterocycles. The number of nitrogens with zero attached hydrogens (tertiary/aromatic N) is 1. The number of nitrogen functional groups attached to an aromatic ring is 1. The Balaban J connectivity index is 2.13. The van der Waals surface area contributed by atoms with Gasteiger partial charge in [0.2, 0.25) is 0 Å². The van der Waals surface area contributed by atoms with Crippen LogP contribution in [0, 0.1) is 13.8 Å². The lowest BCUT2D eigenvalue weighted by Gasteiger charge is -2.08. The van der Waals surface area contributed by atoms with Crippen LogP contribution in [0.1, 0.15) is 27.4 Å². The first-order valence-electron chi connectivity index (χ1n) is 5.77. The van der Waals surface area contributed by atoms with E-state index in [9.17, 15) is 4.79 Å². The van der Waals surface area contributed by atoms with Crippen molar-refractivity contribution in [2.24, 2.45) is 0 Å². The summed E-state index contributed by atoms with van der Waals surface area (Å²) in [5.41, 5.74) is 8.58. The smallest absolute Gasteiger partial charge is 0.337 e. The lowest BCUT2D eigenvalue weighted by atomic mass is 10.1. The molecule has 2 rings (SSSR count). The Morgan fingerprint density at radius 1 is 1.47 bits per heavy atom. The zero-order valence-electron chi connectivity index (χ0n) is 10.7. The van der Waals surface area contributed by atoms with E-state index < -0.39 is 5.97 Å². The van der Waals surface area contributed by atoms with Crippen LogP contribution >= 0.6 is 0 Å². The van der Waals surface area contributed by atoms with E-state index >= 15 is 0 Å². The first kappa shape index (κ1) is 12.9. The van der Waals surface area contributed by atoms with E-state index in [0.717, 1.165) is 22.7 Å². The molecule has 0 spiro atoms. The molecule has 0 aliphatic rings. The minimum atomic E-state index is -1.03. The van der Waals surface area contributed by atoms with Crippen LogP contribution in [0.15, 0.2) is 22.7 Å². The summed E-state index contributed by atoms with van der Waals surface area (Å²) in [6, 6.07) is 4.76. The first-order valence-corrected chi connectivity index (χ1v) is 5.77. The quantitative estimate of drug-likeness (QED) is 0.729. The summed E-state index contributed by atoms with van der Waals surface area (Å²) in [4.78, 5) is 10.8. The van der Waals surface area contributed by atoms with Crippen molar-refractivity contribution < 1.29 is 14.4 Å². The van der Waals surface area contributed by atoms with Crippen molar-refractivity contribution in [2.45, 2.75) is 20.4 Å². The zero-order valence-corrected chi connectivity index (χ0v) is 10.7. The molecule has 0 saturated heterocycles. The summed E-state index contributed by atoms with van der Waals surface area (Å²) in [6.45, 7) is 4.27. The van der Waals surface area contributed by atoms with Gasteiger partial charge in [0.1, 0.15) is 5.76 Å². The van der Waals surface area contributed by atoms with Gasteiger partial charge < -0.3 is 20.7 Å². The van der Waals surface area contributed by atoms with Crippen molar-refractivity contribution in [3.05, 3.63) is 40.8 Å². The molecule has 0 radical (unpaired) electrons. The van der Waals surface area contributed by atoms with Crippen molar-refractivity contribution in [2.75, 3.05) is 11.1 Å². The molecule has 2 aromatic rings. The van der Waals surface area contributed by atoms with Gasteiger partial charge in [-0.1, -0.05) is 5.16 Å². The number of benzene rings is 1. The van der Waals surface area contributed by atoms with E-state index in [1.54, 1.807) is 12.1 Å². The number of hydrogen-bond acceptors (Lipinski definition) is 5. The summed E-state index contributed by atoms with van der Waals surface area (Å²) < 4.78 is 5.07. The molecule has 0 unspecified atom stereocenters. The maximum Gasteiger partial charge on any atom is 0.337 e. The molecule has 0 amide bonds. The highest BCUT2D eigenvalue weighted by atomic mass is 16.5. The Kier molecular flexibility index (Phi) is 3.41. The number of aryl methyl sites for hydroxylation is 2. The van der Waals surface area contributed by atoms with Crippen LogP contribution in [0.5, 0.6) is 0 Å². The topological polar surface area (TPSA) is 101 Å². The fraction of sp³-hybridized carbons (Fsp3) is 0.231. The van der Waals surface area contributed by atoms with Crippen LogP contribution in [0.4, 0.5) is 11.4 Å². The summed E-state index contributed by atoms with van der Waals surface area (Å²) in [5, 5.41) is 15.9. The summed E-state index contributed by atoms with van der Waals surface area (Å²) in [7, 11) is 0. The molecule has 1 aromatic carbocycles.